The highest BCUT2D eigenvalue weighted by Crippen LogP contribution is 2.29. The molecule has 2 aromatic carbocycles. The molecule has 1 aliphatic rings. The average Bonchev–Trinajstić information content (AvgIpc) is 2.98. The first-order chi connectivity index (χ1) is 11.7. The van der Waals surface area contributed by atoms with Gasteiger partial charge in [0.1, 0.15) is 0 Å². The van der Waals surface area contributed by atoms with Crippen LogP contribution in [-0.4, -0.2) is 16.4 Å². The lowest BCUT2D eigenvalue weighted by atomic mass is 10.0. The summed E-state index contributed by atoms with van der Waals surface area (Å²) in [4.78, 5) is 6.98. The van der Waals surface area contributed by atoms with Crippen molar-refractivity contribution in [1.82, 2.24) is 9.88 Å². The molecule has 4 rings (SSSR count). The maximum absolute atomic E-state index is 9.10. The monoisotopic (exact) mass is 333 g/mol. The summed E-state index contributed by atoms with van der Waals surface area (Å²) in [7, 11) is 0. The van der Waals surface area contributed by atoms with Gasteiger partial charge in [0.15, 0.2) is 0 Å². The Morgan fingerprint density at radius 2 is 2.12 bits per heavy atom. The first-order valence-corrected chi connectivity index (χ1v) is 9.21. The molecule has 3 nitrogen and oxygen atoms in total. The predicted molar refractivity (Wildman–Crippen MR) is 97.9 cm³/mol. The van der Waals surface area contributed by atoms with Gasteiger partial charge < -0.3 is 0 Å². The fourth-order valence-electron chi connectivity index (χ4n) is 3.53. The summed E-state index contributed by atoms with van der Waals surface area (Å²) in [5.41, 5.74) is 7.79. The van der Waals surface area contributed by atoms with Gasteiger partial charge in [0.25, 0.3) is 0 Å². The molecule has 4 heteroatoms. The van der Waals surface area contributed by atoms with Gasteiger partial charge in [0.2, 0.25) is 0 Å². The van der Waals surface area contributed by atoms with Crippen LogP contribution in [0.4, 0.5) is 0 Å². The summed E-state index contributed by atoms with van der Waals surface area (Å²) in [6.07, 6.45) is 2.18. The maximum atomic E-state index is 9.10. The number of aryl methyl sites for hydroxylation is 1. The summed E-state index contributed by atoms with van der Waals surface area (Å²) >= 11 is 1.69. The zero-order chi connectivity index (χ0) is 16.5. The number of nitrogens with zero attached hydrogens (tertiary/aromatic N) is 3. The Hall–Kier alpha value is -2.22. The minimum atomic E-state index is 0.359. The van der Waals surface area contributed by atoms with Crippen LogP contribution in [0.1, 0.15) is 41.6 Å². The lowest BCUT2D eigenvalue weighted by Crippen LogP contribution is -2.26. The lowest BCUT2D eigenvalue weighted by molar-refractivity contribution is 0.205. The molecule has 1 aromatic heterocycles. The Morgan fingerprint density at radius 1 is 1.21 bits per heavy atom. The van der Waals surface area contributed by atoms with Crippen molar-refractivity contribution in [3.05, 3.63) is 64.2 Å². The lowest BCUT2D eigenvalue weighted by Gasteiger charge is -2.28. The third-order valence-corrected chi connectivity index (χ3v) is 5.79. The minimum Gasteiger partial charge on any atom is -0.292 e. The van der Waals surface area contributed by atoms with Crippen molar-refractivity contribution in [3.8, 4) is 6.07 Å². The summed E-state index contributed by atoms with van der Waals surface area (Å²) in [5.74, 6) is 0. The van der Waals surface area contributed by atoms with E-state index >= 15 is 0 Å². The second kappa shape index (κ2) is 6.35. The van der Waals surface area contributed by atoms with Crippen molar-refractivity contribution in [2.75, 3.05) is 6.54 Å². The first kappa shape index (κ1) is 15.3. The van der Waals surface area contributed by atoms with Crippen molar-refractivity contribution in [1.29, 1.82) is 5.26 Å². The molecule has 0 spiro atoms. The van der Waals surface area contributed by atoms with Crippen molar-refractivity contribution in [3.63, 3.8) is 0 Å². The molecule has 0 saturated heterocycles. The SMILES string of the molecule is C[C@H](c1ccc2scnc2c1)N1CCCc2cc(C#N)ccc2C1. The van der Waals surface area contributed by atoms with Crippen LogP contribution in [0.5, 0.6) is 0 Å². The van der Waals surface area contributed by atoms with Gasteiger partial charge in [0, 0.05) is 12.6 Å². The molecule has 120 valence electrons. The summed E-state index contributed by atoms with van der Waals surface area (Å²) in [6.45, 7) is 4.30. The quantitative estimate of drug-likeness (QED) is 0.684. The van der Waals surface area contributed by atoms with E-state index in [1.54, 1.807) is 11.3 Å². The molecular weight excluding hydrogens is 314 g/mol. The second-order valence-corrected chi connectivity index (χ2v) is 7.31. The van der Waals surface area contributed by atoms with Crippen molar-refractivity contribution < 1.29 is 0 Å². The molecule has 0 fully saturated rings. The van der Waals surface area contributed by atoms with E-state index in [0.717, 1.165) is 37.0 Å². The minimum absolute atomic E-state index is 0.359. The van der Waals surface area contributed by atoms with E-state index in [9.17, 15) is 0 Å². The van der Waals surface area contributed by atoms with Gasteiger partial charge in [-0.25, -0.2) is 4.98 Å². The zero-order valence-electron chi connectivity index (χ0n) is 13.7. The second-order valence-electron chi connectivity index (χ2n) is 6.42. The molecule has 0 unspecified atom stereocenters. The van der Waals surface area contributed by atoms with E-state index < -0.39 is 0 Å². The average molecular weight is 333 g/mol. The molecule has 3 aromatic rings. The number of nitriles is 1. The van der Waals surface area contributed by atoms with Gasteiger partial charge in [-0.05, 0) is 67.3 Å². The van der Waals surface area contributed by atoms with Gasteiger partial charge in [0.05, 0.1) is 27.4 Å². The molecular formula is C20H19N3S. The molecule has 24 heavy (non-hydrogen) atoms. The standard InChI is InChI=1S/C20H19N3S/c1-14(16-6-7-20-19(10-16)22-13-24-20)23-8-2-3-17-9-15(11-21)4-5-18(17)12-23/h4-7,9-10,13-14H,2-3,8,12H2,1H3/t14-/m1/s1. The Morgan fingerprint density at radius 3 is 3.00 bits per heavy atom. The van der Waals surface area contributed by atoms with E-state index in [1.807, 2.05) is 11.6 Å². The van der Waals surface area contributed by atoms with Crippen LogP contribution in [-0.2, 0) is 13.0 Å². The predicted octanol–water partition coefficient (Wildman–Crippen LogP) is 4.68. The van der Waals surface area contributed by atoms with E-state index in [4.69, 9.17) is 5.26 Å². The number of benzene rings is 2. The third kappa shape index (κ3) is 2.82. The van der Waals surface area contributed by atoms with Crippen molar-refractivity contribution >= 4 is 21.6 Å². The molecule has 0 saturated carbocycles. The number of hydrogen-bond acceptors (Lipinski definition) is 4. The van der Waals surface area contributed by atoms with Crippen LogP contribution in [0.25, 0.3) is 10.2 Å². The van der Waals surface area contributed by atoms with Crippen LogP contribution >= 0.6 is 11.3 Å². The summed E-state index contributed by atoms with van der Waals surface area (Å²) < 4.78 is 1.25. The van der Waals surface area contributed by atoms with Crippen LogP contribution < -0.4 is 0 Å². The summed E-state index contributed by atoms with van der Waals surface area (Å²) in [6, 6.07) is 15.4. The Labute approximate surface area is 146 Å². The molecule has 1 aliphatic heterocycles. The Balaban J connectivity index is 1.62. The molecule has 2 heterocycles. The van der Waals surface area contributed by atoms with Crippen LogP contribution in [0.2, 0.25) is 0 Å². The van der Waals surface area contributed by atoms with E-state index in [1.165, 1.54) is 21.4 Å². The van der Waals surface area contributed by atoms with E-state index in [-0.39, 0.29) is 0 Å². The van der Waals surface area contributed by atoms with Gasteiger partial charge in [-0.15, -0.1) is 11.3 Å². The van der Waals surface area contributed by atoms with Crippen LogP contribution in [0.3, 0.4) is 0 Å². The third-order valence-electron chi connectivity index (χ3n) is 4.98. The van der Waals surface area contributed by atoms with Gasteiger partial charge >= 0.3 is 0 Å². The fraction of sp³-hybridized carbons (Fsp3) is 0.300. The molecule has 0 amide bonds. The van der Waals surface area contributed by atoms with Crippen molar-refractivity contribution in [2.24, 2.45) is 0 Å². The topological polar surface area (TPSA) is 39.9 Å². The zero-order valence-corrected chi connectivity index (χ0v) is 14.5. The van der Waals surface area contributed by atoms with Gasteiger partial charge in [-0.3, -0.25) is 4.90 Å². The van der Waals surface area contributed by atoms with Crippen molar-refractivity contribution in [2.45, 2.75) is 32.4 Å². The summed E-state index contributed by atoms with van der Waals surface area (Å²) in [5, 5.41) is 9.10. The van der Waals surface area contributed by atoms with Gasteiger partial charge in [-0.1, -0.05) is 12.1 Å². The Bertz CT molecular complexity index is 922. The van der Waals surface area contributed by atoms with Crippen LogP contribution in [0, 0.1) is 11.3 Å². The number of rotatable bonds is 2. The normalized spacial score (nSPS) is 16.3. The molecule has 0 radical (unpaired) electrons. The fourth-order valence-corrected chi connectivity index (χ4v) is 4.19. The first-order valence-electron chi connectivity index (χ1n) is 8.34. The smallest absolute Gasteiger partial charge is 0.0991 e. The van der Waals surface area contributed by atoms with Gasteiger partial charge in [-0.2, -0.15) is 5.26 Å². The number of thiazole rings is 1. The molecule has 1 atom stereocenters. The highest BCUT2D eigenvalue weighted by molar-refractivity contribution is 7.16. The number of hydrogen-bond donors (Lipinski definition) is 0. The van der Waals surface area contributed by atoms with Crippen LogP contribution in [0.15, 0.2) is 41.9 Å². The van der Waals surface area contributed by atoms with E-state index in [2.05, 4.69) is 53.2 Å². The molecule has 0 bridgehead atoms. The molecule has 0 N–H and O–H groups in total. The molecule has 0 aliphatic carbocycles. The highest BCUT2D eigenvalue weighted by atomic mass is 32.1. The Kier molecular flexibility index (Phi) is 4.05. The maximum Gasteiger partial charge on any atom is 0.0991 e. The number of aromatic nitrogens is 1. The largest absolute Gasteiger partial charge is 0.292 e. The highest BCUT2D eigenvalue weighted by Gasteiger charge is 2.20. The number of fused-ring (bicyclic) bond motifs is 2. The van der Waals surface area contributed by atoms with E-state index in [0.29, 0.717) is 6.04 Å².